The lowest BCUT2D eigenvalue weighted by molar-refractivity contribution is -0.149. The third kappa shape index (κ3) is 6.07. The van der Waals surface area contributed by atoms with Crippen molar-refractivity contribution in [1.29, 1.82) is 0 Å². The van der Waals surface area contributed by atoms with Crippen molar-refractivity contribution < 1.29 is 29.1 Å². The number of carbonyl (C=O) groups excluding carboxylic acids is 4. The number of benzene rings is 1. The molecule has 196 valence electrons. The fourth-order valence-electron chi connectivity index (χ4n) is 5.51. The first-order chi connectivity index (χ1) is 17.4. The SMILES string of the molecule is CC(=O)N[C@H]1CCN(C(=O)O[C@@H]2CC[C@H](C(=O)N3CCN(c4ccccc4)CC3)[C@@H](C(=O)NO)C2)C1. The normalized spacial score (nSPS) is 26.3. The van der Waals surface area contributed by atoms with Crippen molar-refractivity contribution in [2.45, 2.75) is 44.8 Å². The smallest absolute Gasteiger partial charge is 0.410 e. The van der Waals surface area contributed by atoms with E-state index in [-0.39, 0.29) is 24.3 Å². The topological polar surface area (TPSA) is 132 Å². The number of para-hydroxylation sites is 1. The van der Waals surface area contributed by atoms with E-state index in [9.17, 15) is 24.4 Å². The van der Waals surface area contributed by atoms with Crippen LogP contribution in [0.2, 0.25) is 0 Å². The number of hydrogen-bond acceptors (Lipinski definition) is 7. The van der Waals surface area contributed by atoms with Crippen LogP contribution in [0.5, 0.6) is 0 Å². The highest BCUT2D eigenvalue weighted by molar-refractivity contribution is 5.87. The predicted molar refractivity (Wildman–Crippen MR) is 130 cm³/mol. The summed E-state index contributed by atoms with van der Waals surface area (Å²) in [7, 11) is 0. The summed E-state index contributed by atoms with van der Waals surface area (Å²) in [5.74, 6) is -2.24. The summed E-state index contributed by atoms with van der Waals surface area (Å²) in [6.07, 6.45) is 0.660. The average Bonchev–Trinajstić information content (AvgIpc) is 3.36. The first-order valence-electron chi connectivity index (χ1n) is 12.6. The van der Waals surface area contributed by atoms with E-state index in [4.69, 9.17) is 4.74 Å². The maximum atomic E-state index is 13.4. The minimum atomic E-state index is -0.785. The minimum Gasteiger partial charge on any atom is -0.446 e. The van der Waals surface area contributed by atoms with Gasteiger partial charge in [-0.25, -0.2) is 10.3 Å². The van der Waals surface area contributed by atoms with E-state index >= 15 is 0 Å². The number of carbonyl (C=O) groups is 4. The summed E-state index contributed by atoms with van der Waals surface area (Å²) in [5.41, 5.74) is 2.81. The summed E-state index contributed by atoms with van der Waals surface area (Å²) >= 11 is 0. The molecule has 1 aromatic rings. The number of hydrogen-bond donors (Lipinski definition) is 3. The van der Waals surface area contributed by atoms with Gasteiger partial charge in [0.1, 0.15) is 6.10 Å². The van der Waals surface area contributed by atoms with Crippen molar-refractivity contribution in [1.82, 2.24) is 20.6 Å². The van der Waals surface area contributed by atoms with Crippen LogP contribution in [-0.4, -0.2) is 90.2 Å². The van der Waals surface area contributed by atoms with Gasteiger partial charge in [-0.3, -0.25) is 19.6 Å². The van der Waals surface area contributed by atoms with Crippen LogP contribution in [0.3, 0.4) is 0 Å². The fraction of sp³-hybridized carbons (Fsp3) is 0.600. The van der Waals surface area contributed by atoms with Gasteiger partial charge in [-0.15, -0.1) is 0 Å². The van der Waals surface area contributed by atoms with Crippen LogP contribution in [0.15, 0.2) is 30.3 Å². The highest BCUT2D eigenvalue weighted by Gasteiger charge is 2.43. The first-order valence-corrected chi connectivity index (χ1v) is 12.6. The Hall–Kier alpha value is -3.34. The van der Waals surface area contributed by atoms with Crippen molar-refractivity contribution in [2.24, 2.45) is 11.8 Å². The molecule has 0 radical (unpaired) electrons. The molecule has 11 nitrogen and oxygen atoms in total. The molecule has 3 aliphatic rings. The van der Waals surface area contributed by atoms with Crippen LogP contribution in [0.25, 0.3) is 0 Å². The second kappa shape index (κ2) is 11.6. The van der Waals surface area contributed by atoms with Crippen LogP contribution < -0.4 is 15.7 Å². The van der Waals surface area contributed by atoms with E-state index in [2.05, 4.69) is 10.2 Å². The number of amides is 4. The number of nitrogens with one attached hydrogen (secondary N) is 2. The lowest BCUT2D eigenvalue weighted by Gasteiger charge is -2.40. The quantitative estimate of drug-likeness (QED) is 0.405. The first kappa shape index (κ1) is 25.7. The van der Waals surface area contributed by atoms with E-state index in [1.165, 1.54) is 6.92 Å². The standard InChI is InChI=1S/C25H35N5O6/c1-17(31)26-18-9-10-30(16-18)25(34)36-20-7-8-21(22(15-20)23(32)27-35)24(33)29-13-11-28(12-14-29)19-5-3-2-4-6-19/h2-6,18,20-22,35H,7-16H2,1H3,(H,26,31)(H,27,32)/t18-,20+,21-,22-/m0/s1. The average molecular weight is 502 g/mol. The third-order valence-corrected chi connectivity index (χ3v) is 7.40. The zero-order chi connectivity index (χ0) is 25.7. The lowest BCUT2D eigenvalue weighted by atomic mass is 9.76. The van der Waals surface area contributed by atoms with E-state index in [1.54, 1.807) is 15.3 Å². The van der Waals surface area contributed by atoms with E-state index in [0.717, 1.165) is 5.69 Å². The van der Waals surface area contributed by atoms with Gasteiger partial charge >= 0.3 is 6.09 Å². The zero-order valence-corrected chi connectivity index (χ0v) is 20.6. The van der Waals surface area contributed by atoms with Gasteiger partial charge in [0.2, 0.25) is 17.7 Å². The summed E-state index contributed by atoms with van der Waals surface area (Å²) in [4.78, 5) is 55.4. The number of piperazine rings is 1. The number of hydroxylamine groups is 1. The molecule has 2 heterocycles. The van der Waals surface area contributed by atoms with Gasteiger partial charge in [0.15, 0.2) is 0 Å². The van der Waals surface area contributed by atoms with E-state index in [0.29, 0.717) is 58.5 Å². The highest BCUT2D eigenvalue weighted by atomic mass is 16.6. The monoisotopic (exact) mass is 501 g/mol. The fourth-order valence-corrected chi connectivity index (χ4v) is 5.51. The molecule has 0 spiro atoms. The van der Waals surface area contributed by atoms with Gasteiger partial charge in [0, 0.05) is 57.9 Å². The summed E-state index contributed by atoms with van der Waals surface area (Å²) < 4.78 is 5.67. The molecule has 2 saturated heterocycles. The Morgan fingerprint density at radius 1 is 0.917 bits per heavy atom. The minimum absolute atomic E-state index is 0.0984. The molecular weight excluding hydrogens is 466 g/mol. The zero-order valence-electron chi connectivity index (χ0n) is 20.6. The molecule has 3 fully saturated rings. The summed E-state index contributed by atoms with van der Waals surface area (Å²) in [5, 5.41) is 12.1. The van der Waals surface area contributed by atoms with Crippen LogP contribution in [0.4, 0.5) is 10.5 Å². The molecular formula is C25H35N5O6. The predicted octanol–water partition coefficient (Wildman–Crippen LogP) is 0.973. The van der Waals surface area contributed by atoms with Gasteiger partial charge in [-0.2, -0.15) is 0 Å². The third-order valence-electron chi connectivity index (χ3n) is 7.40. The van der Waals surface area contributed by atoms with Crippen LogP contribution in [0, 0.1) is 11.8 Å². The molecule has 4 rings (SSSR count). The number of nitrogens with zero attached hydrogens (tertiary/aromatic N) is 3. The maximum absolute atomic E-state index is 13.4. The van der Waals surface area contributed by atoms with Crippen LogP contribution in [0.1, 0.15) is 32.6 Å². The molecule has 0 unspecified atom stereocenters. The van der Waals surface area contributed by atoms with Gasteiger partial charge in [-0.1, -0.05) is 18.2 Å². The lowest BCUT2D eigenvalue weighted by Crippen LogP contribution is -2.53. The second-order valence-corrected chi connectivity index (χ2v) is 9.79. The molecule has 0 bridgehead atoms. The number of anilines is 1. The van der Waals surface area contributed by atoms with Crippen molar-refractivity contribution in [2.75, 3.05) is 44.2 Å². The number of likely N-dealkylation sites (tertiary alicyclic amines) is 1. The Labute approximate surface area is 210 Å². The van der Waals surface area contributed by atoms with Crippen molar-refractivity contribution >= 4 is 29.5 Å². The molecule has 36 heavy (non-hydrogen) atoms. The van der Waals surface area contributed by atoms with E-state index in [1.807, 2.05) is 30.3 Å². The molecule has 4 atom stereocenters. The molecule has 4 amide bonds. The Balaban J connectivity index is 1.32. The maximum Gasteiger partial charge on any atom is 0.410 e. The van der Waals surface area contributed by atoms with Gasteiger partial charge in [0.25, 0.3) is 0 Å². The van der Waals surface area contributed by atoms with Gasteiger partial charge in [-0.05, 0) is 37.8 Å². The van der Waals surface area contributed by atoms with Crippen molar-refractivity contribution in [3.63, 3.8) is 0 Å². The van der Waals surface area contributed by atoms with Gasteiger partial charge < -0.3 is 24.8 Å². The molecule has 0 aromatic heterocycles. The van der Waals surface area contributed by atoms with Crippen molar-refractivity contribution in [3.05, 3.63) is 30.3 Å². The van der Waals surface area contributed by atoms with Crippen molar-refractivity contribution in [3.8, 4) is 0 Å². The Morgan fingerprint density at radius 3 is 2.31 bits per heavy atom. The largest absolute Gasteiger partial charge is 0.446 e. The molecule has 1 aromatic carbocycles. The highest BCUT2D eigenvalue weighted by Crippen LogP contribution is 2.34. The molecule has 3 N–H and O–H groups in total. The summed E-state index contributed by atoms with van der Waals surface area (Å²) in [6, 6.07) is 9.94. The molecule has 1 saturated carbocycles. The number of ether oxygens (including phenoxy) is 1. The Kier molecular flexibility index (Phi) is 8.29. The van der Waals surface area contributed by atoms with Crippen LogP contribution >= 0.6 is 0 Å². The molecule has 1 aliphatic carbocycles. The van der Waals surface area contributed by atoms with E-state index < -0.39 is 29.9 Å². The number of rotatable bonds is 5. The molecule has 11 heteroatoms. The Morgan fingerprint density at radius 2 is 1.64 bits per heavy atom. The molecule has 2 aliphatic heterocycles. The van der Waals surface area contributed by atoms with Crippen LogP contribution in [-0.2, 0) is 19.1 Å². The Bertz CT molecular complexity index is 952. The summed E-state index contributed by atoms with van der Waals surface area (Å²) in [6.45, 7) is 4.82. The van der Waals surface area contributed by atoms with Gasteiger partial charge in [0.05, 0.1) is 11.8 Å². The second-order valence-electron chi connectivity index (χ2n) is 9.79.